The van der Waals surface area contributed by atoms with Crippen molar-refractivity contribution < 1.29 is 27.4 Å². The first-order chi connectivity index (χ1) is 16.4. The van der Waals surface area contributed by atoms with E-state index in [2.05, 4.69) is 10.2 Å². The molecule has 2 saturated heterocycles. The van der Waals surface area contributed by atoms with Gasteiger partial charge in [0.2, 0.25) is 10.0 Å². The number of amides is 1. The highest BCUT2D eigenvalue weighted by Gasteiger charge is 2.28. The molecule has 1 amide bonds. The van der Waals surface area contributed by atoms with Crippen LogP contribution in [-0.2, 0) is 14.8 Å². The molecule has 184 valence electrons. The van der Waals surface area contributed by atoms with Crippen molar-refractivity contribution >= 4 is 27.3 Å². The van der Waals surface area contributed by atoms with Crippen molar-refractivity contribution in [1.82, 2.24) is 4.31 Å². The summed E-state index contributed by atoms with van der Waals surface area (Å²) in [6.45, 7) is 3.05. The number of hydrogen-bond donors (Lipinski definition) is 1. The van der Waals surface area contributed by atoms with E-state index in [1.165, 1.54) is 11.4 Å². The van der Waals surface area contributed by atoms with E-state index in [-0.39, 0.29) is 4.90 Å². The third-order valence-electron chi connectivity index (χ3n) is 6.17. The van der Waals surface area contributed by atoms with Gasteiger partial charge in [-0.2, -0.15) is 4.31 Å². The maximum atomic E-state index is 13.3. The largest absolute Gasteiger partial charge is 0.497 e. The van der Waals surface area contributed by atoms with Crippen LogP contribution in [0.5, 0.6) is 11.5 Å². The predicted molar refractivity (Wildman–Crippen MR) is 130 cm³/mol. The van der Waals surface area contributed by atoms with E-state index in [1.807, 2.05) is 0 Å². The van der Waals surface area contributed by atoms with Gasteiger partial charge in [-0.15, -0.1) is 0 Å². The lowest BCUT2D eigenvalue weighted by molar-refractivity contribution is 0.0730. The fourth-order valence-corrected chi connectivity index (χ4v) is 5.73. The molecule has 0 aromatic heterocycles. The first-order valence-corrected chi connectivity index (χ1v) is 12.9. The Morgan fingerprint density at radius 2 is 1.68 bits per heavy atom. The highest BCUT2D eigenvalue weighted by molar-refractivity contribution is 7.89. The molecule has 2 aliphatic rings. The molecule has 2 aromatic rings. The molecule has 2 aromatic carbocycles. The molecule has 2 aliphatic heterocycles. The normalized spacial score (nSPS) is 17.3. The Labute approximate surface area is 200 Å². The average Bonchev–Trinajstić information content (AvgIpc) is 2.89. The van der Waals surface area contributed by atoms with Crippen LogP contribution in [0.25, 0.3) is 0 Å². The summed E-state index contributed by atoms with van der Waals surface area (Å²) in [4.78, 5) is 15.6. The summed E-state index contributed by atoms with van der Waals surface area (Å²) in [6.07, 6.45) is 3.26. The number of morpholine rings is 1. The van der Waals surface area contributed by atoms with Crippen molar-refractivity contribution in [2.45, 2.75) is 24.2 Å². The highest BCUT2D eigenvalue weighted by atomic mass is 32.2. The highest BCUT2D eigenvalue weighted by Crippen LogP contribution is 2.33. The van der Waals surface area contributed by atoms with Crippen molar-refractivity contribution in [2.24, 2.45) is 0 Å². The third kappa shape index (κ3) is 5.13. The van der Waals surface area contributed by atoms with Gasteiger partial charge in [-0.05, 0) is 49.6 Å². The number of nitrogens with one attached hydrogen (secondary N) is 1. The minimum atomic E-state index is -3.71. The van der Waals surface area contributed by atoms with Crippen LogP contribution in [0.15, 0.2) is 41.3 Å². The second-order valence-electron chi connectivity index (χ2n) is 8.26. The van der Waals surface area contributed by atoms with E-state index >= 15 is 0 Å². The molecule has 0 atom stereocenters. The molecule has 0 saturated carbocycles. The Balaban J connectivity index is 1.69. The number of rotatable bonds is 7. The van der Waals surface area contributed by atoms with Crippen molar-refractivity contribution in [1.29, 1.82) is 0 Å². The maximum Gasteiger partial charge on any atom is 0.259 e. The molecule has 2 heterocycles. The summed E-state index contributed by atoms with van der Waals surface area (Å²) in [5.41, 5.74) is 1.59. The molecule has 9 nitrogen and oxygen atoms in total. The summed E-state index contributed by atoms with van der Waals surface area (Å²) in [7, 11) is -0.684. The molecule has 0 radical (unpaired) electrons. The fourth-order valence-electron chi connectivity index (χ4n) is 4.30. The first-order valence-electron chi connectivity index (χ1n) is 11.4. The Morgan fingerprint density at radius 3 is 2.35 bits per heavy atom. The maximum absolute atomic E-state index is 13.3. The van der Waals surface area contributed by atoms with E-state index in [0.29, 0.717) is 49.1 Å². The van der Waals surface area contributed by atoms with E-state index in [0.717, 1.165) is 38.0 Å². The van der Waals surface area contributed by atoms with E-state index in [9.17, 15) is 13.2 Å². The Morgan fingerprint density at radius 1 is 0.941 bits per heavy atom. The number of methoxy groups -OCH3 is 2. The molecule has 0 unspecified atom stereocenters. The summed E-state index contributed by atoms with van der Waals surface area (Å²) in [5.74, 6) is 0.549. The minimum absolute atomic E-state index is 0.146. The van der Waals surface area contributed by atoms with Crippen LogP contribution in [-0.4, -0.2) is 72.2 Å². The zero-order valence-electron chi connectivity index (χ0n) is 19.6. The van der Waals surface area contributed by atoms with Crippen molar-refractivity contribution in [2.75, 3.05) is 63.8 Å². The summed E-state index contributed by atoms with van der Waals surface area (Å²) < 4.78 is 43.9. The van der Waals surface area contributed by atoms with Gasteiger partial charge in [0.1, 0.15) is 11.5 Å². The quantitative estimate of drug-likeness (QED) is 0.639. The molecule has 0 aliphatic carbocycles. The Hall–Kier alpha value is -2.82. The standard InChI is InChI=1S/C24H31N3O6S/c1-31-18-6-8-20(23(16-18)32-2)24(28)25-21-17-19(34(29,30)27-12-14-33-15-13-27)7-9-22(21)26-10-4-3-5-11-26/h6-9,16-17H,3-5,10-15H2,1-2H3,(H,25,28). The van der Waals surface area contributed by atoms with Crippen LogP contribution in [0.4, 0.5) is 11.4 Å². The van der Waals surface area contributed by atoms with Gasteiger partial charge in [0.15, 0.2) is 0 Å². The molecule has 2 fully saturated rings. The lowest BCUT2D eigenvalue weighted by Gasteiger charge is -2.31. The third-order valence-corrected chi connectivity index (χ3v) is 8.07. The second-order valence-corrected chi connectivity index (χ2v) is 10.2. The molecular weight excluding hydrogens is 458 g/mol. The van der Waals surface area contributed by atoms with E-state index in [1.54, 1.807) is 43.5 Å². The molecule has 0 bridgehead atoms. The summed E-state index contributed by atoms with van der Waals surface area (Å²) in [5, 5.41) is 2.94. The number of carbonyl (C=O) groups excluding carboxylic acids is 1. The van der Waals surface area contributed by atoms with Gasteiger partial charge in [0, 0.05) is 32.2 Å². The smallest absolute Gasteiger partial charge is 0.259 e. The van der Waals surface area contributed by atoms with Gasteiger partial charge in [-0.3, -0.25) is 4.79 Å². The average molecular weight is 490 g/mol. The molecule has 10 heteroatoms. The summed E-state index contributed by atoms with van der Waals surface area (Å²) >= 11 is 0. The Bertz CT molecular complexity index is 1130. The lowest BCUT2D eigenvalue weighted by atomic mass is 10.1. The van der Waals surface area contributed by atoms with E-state index in [4.69, 9.17) is 14.2 Å². The van der Waals surface area contributed by atoms with Crippen molar-refractivity contribution in [3.05, 3.63) is 42.0 Å². The number of nitrogens with zero attached hydrogens (tertiary/aromatic N) is 2. The predicted octanol–water partition coefficient (Wildman–Crippen LogP) is 2.97. The monoisotopic (exact) mass is 489 g/mol. The van der Waals surface area contributed by atoms with E-state index < -0.39 is 15.9 Å². The zero-order chi connectivity index (χ0) is 24.1. The number of benzene rings is 2. The van der Waals surface area contributed by atoms with Gasteiger partial charge < -0.3 is 24.4 Å². The number of hydrogen-bond acceptors (Lipinski definition) is 7. The Kier molecular flexibility index (Phi) is 7.60. The molecule has 4 rings (SSSR count). The van der Waals surface area contributed by atoms with Crippen LogP contribution < -0.4 is 19.7 Å². The zero-order valence-corrected chi connectivity index (χ0v) is 20.4. The van der Waals surface area contributed by atoms with Crippen LogP contribution in [0, 0.1) is 0 Å². The number of anilines is 2. The van der Waals surface area contributed by atoms with Crippen LogP contribution >= 0.6 is 0 Å². The van der Waals surface area contributed by atoms with Crippen LogP contribution in [0.1, 0.15) is 29.6 Å². The van der Waals surface area contributed by atoms with Gasteiger partial charge in [0.05, 0.1) is 49.3 Å². The molecule has 0 spiro atoms. The van der Waals surface area contributed by atoms with Crippen LogP contribution in [0.3, 0.4) is 0 Å². The van der Waals surface area contributed by atoms with Gasteiger partial charge in [-0.25, -0.2) is 8.42 Å². The first kappa shape index (κ1) is 24.3. The number of ether oxygens (including phenoxy) is 3. The second kappa shape index (κ2) is 10.6. The molecule has 1 N–H and O–H groups in total. The van der Waals surface area contributed by atoms with Crippen LogP contribution in [0.2, 0.25) is 0 Å². The van der Waals surface area contributed by atoms with Gasteiger partial charge in [-0.1, -0.05) is 0 Å². The van der Waals surface area contributed by atoms with Gasteiger partial charge >= 0.3 is 0 Å². The topological polar surface area (TPSA) is 97.4 Å². The summed E-state index contributed by atoms with van der Waals surface area (Å²) in [6, 6.07) is 9.92. The SMILES string of the molecule is COc1ccc(C(=O)Nc2cc(S(=O)(=O)N3CCOCC3)ccc2N2CCCCC2)c(OC)c1. The van der Waals surface area contributed by atoms with Crippen molar-refractivity contribution in [3.8, 4) is 11.5 Å². The van der Waals surface area contributed by atoms with Crippen molar-refractivity contribution in [3.63, 3.8) is 0 Å². The molecular formula is C24H31N3O6S. The minimum Gasteiger partial charge on any atom is -0.497 e. The lowest BCUT2D eigenvalue weighted by Crippen LogP contribution is -2.40. The number of piperidine rings is 1. The van der Waals surface area contributed by atoms with Gasteiger partial charge in [0.25, 0.3) is 5.91 Å². The fraction of sp³-hybridized carbons (Fsp3) is 0.458. The molecule has 34 heavy (non-hydrogen) atoms. The number of carbonyl (C=O) groups is 1. The number of sulfonamides is 1.